The summed E-state index contributed by atoms with van der Waals surface area (Å²) in [6.45, 7) is 2.15. The Balaban J connectivity index is 2.37. The van der Waals surface area contributed by atoms with Crippen LogP contribution >= 0.6 is 0 Å². The molecule has 0 spiro atoms. The van der Waals surface area contributed by atoms with Gasteiger partial charge in [0, 0.05) is 6.54 Å². The lowest BCUT2D eigenvalue weighted by Crippen LogP contribution is -2.23. The van der Waals surface area contributed by atoms with Crippen LogP contribution in [0.1, 0.15) is 6.42 Å². The van der Waals surface area contributed by atoms with Crippen LogP contribution < -0.4 is 5.32 Å². The summed E-state index contributed by atoms with van der Waals surface area (Å²) in [5.74, 6) is 0. The molecule has 0 saturated heterocycles. The lowest BCUT2D eigenvalue weighted by molar-refractivity contribution is 0.324. The first-order valence-corrected chi connectivity index (χ1v) is 2.93. The van der Waals surface area contributed by atoms with Gasteiger partial charge < -0.3 is 10.4 Å². The summed E-state index contributed by atoms with van der Waals surface area (Å²) in [4.78, 5) is 0. The second-order valence-electron chi connectivity index (χ2n) is 1.99. The number of rotatable bonds is 1. The number of hydrogen-bond acceptors (Lipinski definition) is 2. The minimum absolute atomic E-state index is 0.215. The minimum Gasteiger partial charge on any atom is -0.392 e. The molecule has 2 nitrogen and oxygen atoms in total. The van der Waals surface area contributed by atoms with E-state index in [1.165, 1.54) is 0 Å². The summed E-state index contributed by atoms with van der Waals surface area (Å²) in [5.41, 5.74) is 1.12. The summed E-state index contributed by atoms with van der Waals surface area (Å²) in [5, 5.41) is 11.7. The Bertz CT molecular complexity index is 98.7. The molecule has 2 heteroatoms. The van der Waals surface area contributed by atoms with Gasteiger partial charge in [0.1, 0.15) is 0 Å². The quantitative estimate of drug-likeness (QED) is 0.465. The summed E-state index contributed by atoms with van der Waals surface area (Å²) in [6, 6.07) is 0. The third-order valence-corrected chi connectivity index (χ3v) is 1.31. The molecule has 46 valence electrons. The van der Waals surface area contributed by atoms with Gasteiger partial charge >= 0.3 is 0 Å². The van der Waals surface area contributed by atoms with Gasteiger partial charge in [0.25, 0.3) is 0 Å². The van der Waals surface area contributed by atoms with Crippen molar-refractivity contribution < 1.29 is 5.11 Å². The molecule has 0 fully saturated rings. The van der Waals surface area contributed by atoms with Gasteiger partial charge in [-0.15, -0.1) is 0 Å². The predicted octanol–water partition coefficient (Wildman–Crippen LogP) is -0.102. The van der Waals surface area contributed by atoms with Crippen LogP contribution in [0, 0.1) is 0 Å². The van der Waals surface area contributed by atoms with Gasteiger partial charge in [0.05, 0.1) is 6.61 Å². The van der Waals surface area contributed by atoms with E-state index in [1.807, 2.05) is 0 Å². The summed E-state index contributed by atoms with van der Waals surface area (Å²) in [6.07, 6.45) is 3.16. The third kappa shape index (κ3) is 1.32. The second kappa shape index (κ2) is 2.84. The molecule has 0 radical (unpaired) electrons. The zero-order valence-corrected chi connectivity index (χ0v) is 4.85. The standard InChI is InChI=1S/C6H11NO/c8-5-6-2-1-3-7-4-6/h2,7-8H,1,3-5H2. The van der Waals surface area contributed by atoms with Crippen molar-refractivity contribution in [1.82, 2.24) is 5.32 Å². The zero-order valence-electron chi connectivity index (χ0n) is 4.85. The SMILES string of the molecule is OCC1=CCCNC1. The fourth-order valence-electron chi connectivity index (χ4n) is 0.820. The van der Waals surface area contributed by atoms with Gasteiger partial charge in [-0.3, -0.25) is 0 Å². The maximum atomic E-state index is 8.58. The van der Waals surface area contributed by atoms with Crippen LogP contribution in [0.15, 0.2) is 11.6 Å². The third-order valence-electron chi connectivity index (χ3n) is 1.31. The Labute approximate surface area is 49.2 Å². The van der Waals surface area contributed by atoms with Gasteiger partial charge in [0.2, 0.25) is 0 Å². The van der Waals surface area contributed by atoms with Crippen LogP contribution in [0.4, 0.5) is 0 Å². The Morgan fingerprint density at radius 2 is 2.62 bits per heavy atom. The van der Waals surface area contributed by atoms with Crippen LogP contribution in [0.5, 0.6) is 0 Å². The molecule has 0 aromatic carbocycles. The fraction of sp³-hybridized carbons (Fsp3) is 0.667. The largest absolute Gasteiger partial charge is 0.392 e. The van der Waals surface area contributed by atoms with Crippen LogP contribution in [-0.4, -0.2) is 24.8 Å². The molecule has 8 heavy (non-hydrogen) atoms. The van der Waals surface area contributed by atoms with E-state index >= 15 is 0 Å². The highest BCUT2D eigenvalue weighted by Crippen LogP contribution is 1.97. The maximum Gasteiger partial charge on any atom is 0.0654 e. The Morgan fingerprint density at radius 3 is 3.00 bits per heavy atom. The van der Waals surface area contributed by atoms with Crippen molar-refractivity contribution in [2.24, 2.45) is 0 Å². The summed E-state index contributed by atoms with van der Waals surface area (Å²) in [7, 11) is 0. The molecular weight excluding hydrogens is 102 g/mol. The molecule has 0 aliphatic carbocycles. The van der Waals surface area contributed by atoms with Gasteiger partial charge in [0.15, 0.2) is 0 Å². The van der Waals surface area contributed by atoms with Crippen molar-refractivity contribution in [2.75, 3.05) is 19.7 Å². The van der Waals surface area contributed by atoms with Crippen LogP contribution in [0.25, 0.3) is 0 Å². The molecule has 0 bridgehead atoms. The van der Waals surface area contributed by atoms with Crippen LogP contribution in [0.2, 0.25) is 0 Å². The van der Waals surface area contributed by atoms with Crippen molar-refractivity contribution in [3.8, 4) is 0 Å². The summed E-state index contributed by atoms with van der Waals surface area (Å²) < 4.78 is 0. The molecule has 1 aliphatic rings. The highest BCUT2D eigenvalue weighted by Gasteiger charge is 1.98. The monoisotopic (exact) mass is 113 g/mol. The molecule has 1 rings (SSSR count). The molecule has 2 N–H and O–H groups in total. The minimum atomic E-state index is 0.215. The van der Waals surface area contributed by atoms with E-state index in [0.29, 0.717) is 0 Å². The van der Waals surface area contributed by atoms with E-state index in [1.54, 1.807) is 0 Å². The first-order valence-electron chi connectivity index (χ1n) is 2.93. The van der Waals surface area contributed by atoms with Gasteiger partial charge in [-0.05, 0) is 18.5 Å². The molecule has 0 amide bonds. The number of aliphatic hydroxyl groups excluding tert-OH is 1. The Kier molecular flexibility index (Phi) is 2.06. The van der Waals surface area contributed by atoms with Gasteiger partial charge in [-0.1, -0.05) is 6.08 Å². The molecule has 1 heterocycles. The average Bonchev–Trinajstić information content (AvgIpc) is 1.90. The zero-order chi connectivity index (χ0) is 5.82. The summed E-state index contributed by atoms with van der Waals surface area (Å²) >= 11 is 0. The van der Waals surface area contributed by atoms with E-state index in [4.69, 9.17) is 5.11 Å². The number of aliphatic hydroxyl groups is 1. The molecule has 0 aromatic rings. The van der Waals surface area contributed by atoms with Crippen molar-refractivity contribution in [2.45, 2.75) is 6.42 Å². The molecule has 0 aromatic heterocycles. The molecule has 0 unspecified atom stereocenters. The maximum absolute atomic E-state index is 8.58. The van der Waals surface area contributed by atoms with Crippen molar-refractivity contribution in [3.05, 3.63) is 11.6 Å². The topological polar surface area (TPSA) is 32.3 Å². The number of hydrogen-bond donors (Lipinski definition) is 2. The first kappa shape index (κ1) is 5.79. The smallest absolute Gasteiger partial charge is 0.0654 e. The van der Waals surface area contributed by atoms with Crippen LogP contribution in [-0.2, 0) is 0 Å². The van der Waals surface area contributed by atoms with Crippen LogP contribution in [0.3, 0.4) is 0 Å². The second-order valence-corrected chi connectivity index (χ2v) is 1.99. The van der Waals surface area contributed by atoms with E-state index in [0.717, 1.165) is 25.1 Å². The van der Waals surface area contributed by atoms with Gasteiger partial charge in [-0.25, -0.2) is 0 Å². The van der Waals surface area contributed by atoms with E-state index < -0.39 is 0 Å². The highest BCUT2D eigenvalue weighted by molar-refractivity contribution is 5.06. The normalized spacial score (nSPS) is 20.4. The lowest BCUT2D eigenvalue weighted by Gasteiger charge is -2.10. The Morgan fingerprint density at radius 1 is 1.75 bits per heavy atom. The van der Waals surface area contributed by atoms with E-state index in [9.17, 15) is 0 Å². The average molecular weight is 113 g/mol. The van der Waals surface area contributed by atoms with Gasteiger partial charge in [-0.2, -0.15) is 0 Å². The molecular formula is C6H11NO. The van der Waals surface area contributed by atoms with Crippen molar-refractivity contribution >= 4 is 0 Å². The molecule has 0 saturated carbocycles. The Hall–Kier alpha value is -0.340. The highest BCUT2D eigenvalue weighted by atomic mass is 16.3. The van der Waals surface area contributed by atoms with Crippen molar-refractivity contribution in [1.29, 1.82) is 0 Å². The molecule has 0 atom stereocenters. The van der Waals surface area contributed by atoms with E-state index in [2.05, 4.69) is 11.4 Å². The predicted molar refractivity (Wildman–Crippen MR) is 32.7 cm³/mol. The lowest BCUT2D eigenvalue weighted by atomic mass is 10.2. The number of nitrogens with one attached hydrogen (secondary N) is 1. The molecule has 1 aliphatic heterocycles. The first-order chi connectivity index (χ1) is 3.93. The van der Waals surface area contributed by atoms with E-state index in [-0.39, 0.29) is 6.61 Å². The fourth-order valence-corrected chi connectivity index (χ4v) is 0.820. The van der Waals surface area contributed by atoms with Crippen molar-refractivity contribution in [3.63, 3.8) is 0 Å².